The smallest absolute Gasteiger partial charge is 0.228 e. The Labute approximate surface area is 243 Å². The van der Waals surface area contributed by atoms with E-state index < -0.39 is 0 Å². The van der Waals surface area contributed by atoms with Gasteiger partial charge in [0, 0.05) is 76.0 Å². The Morgan fingerprint density at radius 3 is 2.45 bits per heavy atom. The number of ether oxygens (including phenoxy) is 1. The second kappa shape index (κ2) is 12.7. The summed E-state index contributed by atoms with van der Waals surface area (Å²) in [6.07, 6.45) is 5.01. The number of aromatic nitrogens is 2. The van der Waals surface area contributed by atoms with Crippen LogP contribution in [0.1, 0.15) is 25.7 Å². The van der Waals surface area contributed by atoms with Crippen LogP contribution in [0.15, 0.2) is 35.7 Å². The molecule has 2 aromatic heterocycles. The molecule has 6 rings (SSSR count). The van der Waals surface area contributed by atoms with Crippen LogP contribution >= 0.6 is 11.3 Å². The number of piperidine rings is 1. The molecule has 9 heteroatoms. The first-order valence-corrected chi connectivity index (χ1v) is 16.0. The second-order valence-electron chi connectivity index (χ2n) is 11.8. The summed E-state index contributed by atoms with van der Waals surface area (Å²) in [6, 6.07) is 12.0. The van der Waals surface area contributed by atoms with Crippen molar-refractivity contribution >= 4 is 33.3 Å². The molecule has 1 N–H and O–H groups in total. The molecule has 0 saturated carbocycles. The van der Waals surface area contributed by atoms with E-state index in [1.807, 2.05) is 0 Å². The summed E-state index contributed by atoms with van der Waals surface area (Å²) in [7, 11) is 6.21. The number of nitrogens with one attached hydrogen (secondary N) is 1. The minimum atomic E-state index is 0.626. The number of rotatable bonds is 9. The molecule has 216 valence electrons. The van der Waals surface area contributed by atoms with Crippen LogP contribution in [0.2, 0.25) is 0 Å². The highest BCUT2D eigenvalue weighted by Gasteiger charge is 2.34. The molecular formula is C31H45N7OS. The van der Waals surface area contributed by atoms with Gasteiger partial charge in [-0.05, 0) is 57.8 Å². The molecule has 0 aliphatic carbocycles. The molecule has 0 spiro atoms. The Morgan fingerprint density at radius 1 is 0.950 bits per heavy atom. The summed E-state index contributed by atoms with van der Waals surface area (Å²) in [6.45, 7) is 9.05. The van der Waals surface area contributed by atoms with E-state index in [-0.39, 0.29) is 0 Å². The molecule has 5 heterocycles. The normalized spacial score (nSPS) is 23.5. The molecule has 8 nitrogen and oxygen atoms in total. The monoisotopic (exact) mass is 563 g/mol. The number of hydrogen-bond acceptors (Lipinski definition) is 9. The Hall–Kier alpha value is -2.30. The number of hydrogen-bond donors (Lipinski definition) is 1. The van der Waals surface area contributed by atoms with E-state index in [2.05, 4.69) is 74.7 Å². The highest BCUT2D eigenvalue weighted by Crippen LogP contribution is 2.41. The summed E-state index contributed by atoms with van der Waals surface area (Å²) >= 11 is 1.76. The molecule has 3 aliphatic heterocycles. The van der Waals surface area contributed by atoms with Crippen molar-refractivity contribution in [2.75, 3.05) is 90.0 Å². The maximum absolute atomic E-state index is 5.35. The number of thiophene rings is 1. The second-order valence-corrected chi connectivity index (χ2v) is 12.6. The van der Waals surface area contributed by atoms with Crippen LogP contribution in [0.4, 0.5) is 11.8 Å². The Morgan fingerprint density at radius 2 is 1.73 bits per heavy atom. The van der Waals surface area contributed by atoms with Gasteiger partial charge < -0.3 is 24.8 Å². The summed E-state index contributed by atoms with van der Waals surface area (Å²) in [4.78, 5) is 21.6. The largest absolute Gasteiger partial charge is 0.383 e. The van der Waals surface area contributed by atoms with Crippen LogP contribution in [0.3, 0.4) is 0 Å². The number of piperazine rings is 1. The van der Waals surface area contributed by atoms with Crippen molar-refractivity contribution in [3.63, 3.8) is 0 Å². The van der Waals surface area contributed by atoms with Gasteiger partial charge in [-0.2, -0.15) is 4.98 Å². The molecule has 40 heavy (non-hydrogen) atoms. The van der Waals surface area contributed by atoms with Gasteiger partial charge in [-0.3, -0.25) is 4.90 Å². The van der Waals surface area contributed by atoms with Gasteiger partial charge in [0.1, 0.15) is 10.6 Å². The summed E-state index contributed by atoms with van der Waals surface area (Å²) in [5, 5.41) is 7.08. The highest BCUT2D eigenvalue weighted by atomic mass is 32.1. The van der Waals surface area contributed by atoms with E-state index in [9.17, 15) is 0 Å². The average molecular weight is 564 g/mol. The summed E-state index contributed by atoms with van der Waals surface area (Å²) in [5.41, 5.74) is 2.51. The van der Waals surface area contributed by atoms with Gasteiger partial charge in [-0.25, -0.2) is 4.98 Å². The van der Waals surface area contributed by atoms with Gasteiger partial charge in [0.25, 0.3) is 0 Å². The third kappa shape index (κ3) is 5.85. The zero-order chi connectivity index (χ0) is 27.5. The quantitative estimate of drug-likeness (QED) is 0.419. The molecule has 0 radical (unpaired) electrons. The first kappa shape index (κ1) is 27.8. The first-order chi connectivity index (χ1) is 19.6. The van der Waals surface area contributed by atoms with Crippen molar-refractivity contribution in [3.8, 4) is 11.1 Å². The first-order valence-electron chi connectivity index (χ1n) is 15.1. The molecule has 2 unspecified atom stereocenters. The lowest BCUT2D eigenvalue weighted by Crippen LogP contribution is -2.48. The lowest BCUT2D eigenvalue weighted by Gasteiger charge is -2.37. The molecule has 0 bridgehead atoms. The van der Waals surface area contributed by atoms with Gasteiger partial charge in [0.05, 0.1) is 12.0 Å². The molecule has 3 aromatic rings. The standard InChI is InChI=1S/C31H45N7OS/c1-32-26-11-12-35(2)27(26)21-23-9-13-37(14-10-23)29-28-25(24-7-5-4-6-8-24)22-40-30(28)34-31(33-29)38-17-15-36(16-18-38)19-20-39-3/h4-8,22-23,26-27,32H,9-21H2,1-3H3. The molecule has 3 aliphatic rings. The number of likely N-dealkylation sites (tertiary alicyclic amines) is 1. The maximum Gasteiger partial charge on any atom is 0.228 e. The van der Waals surface area contributed by atoms with Crippen LogP contribution < -0.4 is 15.1 Å². The Kier molecular flexibility index (Phi) is 8.84. The van der Waals surface area contributed by atoms with Gasteiger partial charge in [0.15, 0.2) is 0 Å². The number of nitrogens with zero attached hydrogens (tertiary/aromatic N) is 6. The van der Waals surface area contributed by atoms with E-state index in [1.54, 1.807) is 18.4 Å². The molecule has 3 fully saturated rings. The fraction of sp³-hybridized carbons (Fsp3) is 0.613. The zero-order valence-corrected chi connectivity index (χ0v) is 25.2. The van der Waals surface area contributed by atoms with Crippen molar-refractivity contribution in [1.82, 2.24) is 25.1 Å². The molecule has 3 saturated heterocycles. The summed E-state index contributed by atoms with van der Waals surface area (Å²) in [5.74, 6) is 2.79. The predicted molar refractivity (Wildman–Crippen MR) is 167 cm³/mol. The van der Waals surface area contributed by atoms with Gasteiger partial charge >= 0.3 is 0 Å². The van der Waals surface area contributed by atoms with E-state index in [1.165, 1.54) is 48.7 Å². The van der Waals surface area contributed by atoms with Crippen molar-refractivity contribution in [1.29, 1.82) is 0 Å². The van der Waals surface area contributed by atoms with Crippen LogP contribution in [-0.2, 0) is 4.74 Å². The Bertz CT molecular complexity index is 1240. The third-order valence-electron chi connectivity index (χ3n) is 9.44. The minimum absolute atomic E-state index is 0.626. The fourth-order valence-electron chi connectivity index (χ4n) is 6.92. The van der Waals surface area contributed by atoms with E-state index >= 15 is 0 Å². The molecule has 0 amide bonds. The SMILES string of the molecule is CNC1CCN(C)C1CC1CCN(c2nc(N3CCN(CCOC)CC3)nc3scc(-c4ccccc4)c23)CC1. The maximum atomic E-state index is 5.35. The topological polar surface area (TPSA) is 60.0 Å². The van der Waals surface area contributed by atoms with Gasteiger partial charge in [0.2, 0.25) is 5.95 Å². The van der Waals surface area contributed by atoms with Crippen molar-refractivity contribution in [3.05, 3.63) is 35.7 Å². The van der Waals surface area contributed by atoms with E-state index in [4.69, 9.17) is 14.7 Å². The van der Waals surface area contributed by atoms with E-state index in [0.29, 0.717) is 12.1 Å². The lowest BCUT2D eigenvalue weighted by atomic mass is 9.88. The van der Waals surface area contributed by atoms with Crippen LogP contribution in [0, 0.1) is 5.92 Å². The number of likely N-dealkylation sites (N-methyl/N-ethyl adjacent to an activating group) is 2. The third-order valence-corrected chi connectivity index (χ3v) is 10.3. The van der Waals surface area contributed by atoms with E-state index in [0.717, 1.165) is 74.9 Å². The Balaban J connectivity index is 1.24. The predicted octanol–water partition coefficient (Wildman–Crippen LogP) is 4.03. The molecule has 2 atom stereocenters. The van der Waals surface area contributed by atoms with Gasteiger partial charge in [-0.15, -0.1) is 11.3 Å². The molecule has 1 aromatic carbocycles. The minimum Gasteiger partial charge on any atom is -0.383 e. The number of methoxy groups -OCH3 is 1. The number of anilines is 2. The van der Waals surface area contributed by atoms with Gasteiger partial charge in [-0.1, -0.05) is 30.3 Å². The average Bonchev–Trinajstić information content (AvgIpc) is 3.60. The summed E-state index contributed by atoms with van der Waals surface area (Å²) < 4.78 is 5.30. The van der Waals surface area contributed by atoms with Crippen LogP contribution in [-0.4, -0.2) is 112 Å². The number of benzene rings is 1. The van der Waals surface area contributed by atoms with Crippen molar-refractivity contribution in [2.24, 2.45) is 5.92 Å². The lowest BCUT2D eigenvalue weighted by molar-refractivity contribution is 0.144. The van der Waals surface area contributed by atoms with Crippen molar-refractivity contribution in [2.45, 2.75) is 37.8 Å². The van der Waals surface area contributed by atoms with Crippen LogP contribution in [0.25, 0.3) is 21.3 Å². The molecular weight excluding hydrogens is 518 g/mol. The highest BCUT2D eigenvalue weighted by molar-refractivity contribution is 7.17. The number of fused-ring (bicyclic) bond motifs is 1. The van der Waals surface area contributed by atoms with Crippen LogP contribution in [0.5, 0.6) is 0 Å². The zero-order valence-electron chi connectivity index (χ0n) is 24.4. The fourth-order valence-corrected chi connectivity index (χ4v) is 7.85. The van der Waals surface area contributed by atoms with Crippen molar-refractivity contribution < 1.29 is 4.74 Å².